The second-order valence-corrected chi connectivity index (χ2v) is 7.82. The summed E-state index contributed by atoms with van der Waals surface area (Å²) in [6, 6.07) is 10.1. The summed E-state index contributed by atoms with van der Waals surface area (Å²) in [6.07, 6.45) is 0.549. The van der Waals surface area contributed by atoms with Crippen LogP contribution in [0, 0.1) is 5.92 Å². The molecule has 1 saturated heterocycles. The summed E-state index contributed by atoms with van der Waals surface area (Å²) >= 11 is 0. The predicted molar refractivity (Wildman–Crippen MR) is 136 cm³/mol. The fourth-order valence-corrected chi connectivity index (χ4v) is 3.77. The first-order valence-electron chi connectivity index (χ1n) is 11.2. The van der Waals surface area contributed by atoms with Gasteiger partial charge in [0.2, 0.25) is 0 Å². The van der Waals surface area contributed by atoms with Gasteiger partial charge in [-0.05, 0) is 44.8 Å². The summed E-state index contributed by atoms with van der Waals surface area (Å²) in [5.41, 5.74) is 1.12. The fraction of sp³-hybridized carbons (Fsp3) is 0.696. The van der Waals surface area contributed by atoms with Crippen LogP contribution < -0.4 is 5.32 Å². The minimum atomic E-state index is -0.608. The van der Waals surface area contributed by atoms with Crippen LogP contribution in [-0.2, 0) is 4.74 Å². The Kier molecular flexibility index (Phi) is 13.6. The monoisotopic (exact) mass is 532 g/mol. The first-order valence-corrected chi connectivity index (χ1v) is 11.2. The van der Waals surface area contributed by atoms with E-state index in [0.29, 0.717) is 12.5 Å². The van der Waals surface area contributed by atoms with Crippen LogP contribution in [0.25, 0.3) is 0 Å². The quantitative estimate of drug-likeness (QED) is 0.260. The number of likely N-dealkylation sites (tertiary alicyclic amines) is 1. The summed E-state index contributed by atoms with van der Waals surface area (Å²) in [6.45, 7) is 15.4. The summed E-state index contributed by atoms with van der Waals surface area (Å²) < 4.78 is 5.83. The molecule has 172 valence electrons. The smallest absolute Gasteiger partial charge is 0.194 e. The van der Waals surface area contributed by atoms with Crippen molar-refractivity contribution in [3.8, 4) is 0 Å². The third kappa shape index (κ3) is 9.08. The number of aliphatic hydroxyl groups excluding tert-OH is 1. The van der Waals surface area contributed by atoms with Crippen LogP contribution in [-0.4, -0.2) is 79.4 Å². The number of hydrogen-bond donors (Lipinski definition) is 2. The number of guanidine groups is 1. The molecule has 6 nitrogen and oxygen atoms in total. The van der Waals surface area contributed by atoms with Gasteiger partial charge in [0.1, 0.15) is 0 Å². The van der Waals surface area contributed by atoms with Crippen LogP contribution in [0.2, 0.25) is 0 Å². The number of hydrogen-bond acceptors (Lipinski definition) is 4. The number of ether oxygens (including phenoxy) is 1. The van der Waals surface area contributed by atoms with Gasteiger partial charge in [-0.2, -0.15) is 0 Å². The van der Waals surface area contributed by atoms with Crippen LogP contribution in [0.3, 0.4) is 0 Å². The Hall–Kier alpha value is -0.900. The van der Waals surface area contributed by atoms with Crippen molar-refractivity contribution in [2.24, 2.45) is 10.9 Å². The van der Waals surface area contributed by atoms with Crippen LogP contribution in [0.5, 0.6) is 0 Å². The zero-order valence-corrected chi connectivity index (χ0v) is 21.4. The molecule has 0 spiro atoms. The van der Waals surface area contributed by atoms with Crippen molar-refractivity contribution in [1.82, 2.24) is 15.1 Å². The van der Waals surface area contributed by atoms with Crippen molar-refractivity contribution < 1.29 is 9.84 Å². The van der Waals surface area contributed by atoms with Crippen LogP contribution in [0.1, 0.15) is 45.8 Å². The molecule has 1 aromatic rings. The lowest BCUT2D eigenvalue weighted by Gasteiger charge is -2.24. The summed E-state index contributed by atoms with van der Waals surface area (Å²) in [4.78, 5) is 9.51. The molecule has 1 fully saturated rings. The van der Waals surface area contributed by atoms with E-state index < -0.39 is 6.10 Å². The highest BCUT2D eigenvalue weighted by Gasteiger charge is 2.26. The van der Waals surface area contributed by atoms with Gasteiger partial charge >= 0.3 is 0 Å². The van der Waals surface area contributed by atoms with Crippen molar-refractivity contribution in [3.05, 3.63) is 35.9 Å². The van der Waals surface area contributed by atoms with E-state index >= 15 is 0 Å². The molecule has 2 N–H and O–H groups in total. The Bertz CT molecular complexity index is 598. The Morgan fingerprint density at radius 2 is 1.97 bits per heavy atom. The van der Waals surface area contributed by atoms with Gasteiger partial charge in [0, 0.05) is 26.2 Å². The lowest BCUT2D eigenvalue weighted by Crippen LogP contribution is -2.41. The summed E-state index contributed by atoms with van der Waals surface area (Å²) in [5.74, 6) is 1.59. The molecule has 30 heavy (non-hydrogen) atoms. The SMILES string of the molecule is CCNC(=NCC(O)COC(C)c1ccccc1)N1CCC(CN(CC)CC)C1.I. The molecule has 1 aliphatic rings. The van der Waals surface area contributed by atoms with E-state index in [2.05, 4.69) is 40.9 Å². The van der Waals surface area contributed by atoms with Crippen molar-refractivity contribution >= 4 is 29.9 Å². The fourth-order valence-electron chi connectivity index (χ4n) is 3.77. The molecule has 3 unspecified atom stereocenters. The molecule has 0 aromatic heterocycles. The van der Waals surface area contributed by atoms with E-state index in [-0.39, 0.29) is 36.7 Å². The molecule has 0 bridgehead atoms. The van der Waals surface area contributed by atoms with Crippen LogP contribution >= 0.6 is 24.0 Å². The van der Waals surface area contributed by atoms with E-state index in [1.165, 1.54) is 6.42 Å². The van der Waals surface area contributed by atoms with Gasteiger partial charge in [-0.3, -0.25) is 4.99 Å². The molecule has 1 aromatic carbocycles. The Balaban J connectivity index is 0.00000450. The zero-order valence-electron chi connectivity index (χ0n) is 19.1. The van der Waals surface area contributed by atoms with Crippen molar-refractivity contribution in [1.29, 1.82) is 0 Å². The highest BCUT2D eigenvalue weighted by atomic mass is 127. The lowest BCUT2D eigenvalue weighted by molar-refractivity contribution is 0.00106. The van der Waals surface area contributed by atoms with E-state index in [1.807, 2.05) is 37.3 Å². The van der Waals surface area contributed by atoms with E-state index in [9.17, 15) is 5.11 Å². The number of halogens is 1. The number of nitrogens with one attached hydrogen (secondary N) is 1. The largest absolute Gasteiger partial charge is 0.389 e. The van der Waals surface area contributed by atoms with Gasteiger partial charge in [-0.15, -0.1) is 24.0 Å². The van der Waals surface area contributed by atoms with Gasteiger partial charge in [0.15, 0.2) is 5.96 Å². The second-order valence-electron chi connectivity index (χ2n) is 7.82. The minimum Gasteiger partial charge on any atom is -0.389 e. The first-order chi connectivity index (χ1) is 14.1. The Morgan fingerprint density at radius 3 is 2.60 bits per heavy atom. The Morgan fingerprint density at radius 1 is 1.27 bits per heavy atom. The molecule has 7 heteroatoms. The maximum atomic E-state index is 10.4. The number of nitrogens with zero attached hydrogens (tertiary/aromatic N) is 3. The topological polar surface area (TPSA) is 60.3 Å². The van der Waals surface area contributed by atoms with Crippen molar-refractivity contribution in [2.75, 3.05) is 52.4 Å². The average molecular weight is 533 g/mol. The average Bonchev–Trinajstić information content (AvgIpc) is 3.22. The van der Waals surface area contributed by atoms with E-state index in [4.69, 9.17) is 4.74 Å². The lowest BCUT2D eigenvalue weighted by atomic mass is 10.1. The Labute approximate surface area is 200 Å². The molecule has 2 rings (SSSR count). The van der Waals surface area contributed by atoms with Crippen LogP contribution in [0.4, 0.5) is 0 Å². The molecule has 0 radical (unpaired) electrons. The number of aliphatic hydroxyl groups is 1. The third-order valence-corrected chi connectivity index (χ3v) is 5.59. The van der Waals surface area contributed by atoms with Crippen molar-refractivity contribution in [2.45, 2.75) is 46.3 Å². The first kappa shape index (κ1) is 27.1. The second kappa shape index (κ2) is 15.0. The maximum Gasteiger partial charge on any atom is 0.194 e. The van der Waals surface area contributed by atoms with Gasteiger partial charge in [-0.1, -0.05) is 44.2 Å². The van der Waals surface area contributed by atoms with Gasteiger partial charge < -0.3 is 25.0 Å². The molecule has 0 amide bonds. The predicted octanol–water partition coefficient (Wildman–Crippen LogP) is 3.37. The minimum absolute atomic E-state index is 0. The molecule has 0 saturated carbocycles. The summed E-state index contributed by atoms with van der Waals surface area (Å²) in [5, 5.41) is 13.7. The molecule has 1 heterocycles. The van der Waals surface area contributed by atoms with Gasteiger partial charge in [0.05, 0.1) is 25.4 Å². The highest BCUT2D eigenvalue weighted by Crippen LogP contribution is 2.18. The number of rotatable bonds is 11. The molecule has 0 aliphatic carbocycles. The van der Waals surface area contributed by atoms with E-state index in [0.717, 1.165) is 50.8 Å². The molecular formula is C23H41IN4O2. The maximum absolute atomic E-state index is 10.4. The number of aliphatic imine (C=N–C) groups is 1. The summed E-state index contributed by atoms with van der Waals surface area (Å²) in [7, 11) is 0. The molecule has 3 atom stereocenters. The zero-order chi connectivity index (χ0) is 21.1. The molecule has 1 aliphatic heterocycles. The third-order valence-electron chi connectivity index (χ3n) is 5.59. The van der Waals surface area contributed by atoms with Crippen LogP contribution in [0.15, 0.2) is 35.3 Å². The molecular weight excluding hydrogens is 491 g/mol. The standard InChI is InChI=1S/C23H40N4O2.HI/c1-5-24-23(27-14-13-20(17-27)16-26(6-2)7-3)25-15-22(28)18-29-19(4)21-11-9-8-10-12-21;/h8-12,19-20,22,28H,5-7,13-18H2,1-4H3,(H,24,25);1H. The van der Waals surface area contributed by atoms with Gasteiger partial charge in [-0.25, -0.2) is 0 Å². The number of benzene rings is 1. The normalized spacial score (nSPS) is 18.9. The van der Waals surface area contributed by atoms with Crippen molar-refractivity contribution in [3.63, 3.8) is 0 Å². The van der Waals surface area contributed by atoms with Gasteiger partial charge in [0.25, 0.3) is 0 Å². The highest BCUT2D eigenvalue weighted by molar-refractivity contribution is 14.0. The van der Waals surface area contributed by atoms with E-state index in [1.54, 1.807) is 0 Å².